The number of nitrogen functional groups attached to an aromatic ring is 1. The van der Waals surface area contributed by atoms with Gasteiger partial charge in [0.15, 0.2) is 0 Å². The molecule has 1 heterocycles. The lowest BCUT2D eigenvalue weighted by molar-refractivity contribution is 0.216. The summed E-state index contributed by atoms with van der Waals surface area (Å²) in [5.74, 6) is 0.844. The second kappa shape index (κ2) is 15.4. The Hall–Kier alpha value is -2.53. The van der Waals surface area contributed by atoms with Gasteiger partial charge in [0.25, 0.3) is 0 Å². The van der Waals surface area contributed by atoms with Gasteiger partial charge in [-0.05, 0) is 77.7 Å². The van der Waals surface area contributed by atoms with E-state index in [1.807, 2.05) is 58.9 Å². The zero-order chi connectivity index (χ0) is 22.2. The van der Waals surface area contributed by atoms with E-state index in [1.54, 1.807) is 6.20 Å². The zero-order valence-corrected chi connectivity index (χ0v) is 18.8. The monoisotopic (exact) mass is 401 g/mol. The molecule has 0 aliphatic carbocycles. The summed E-state index contributed by atoms with van der Waals surface area (Å²) in [6.07, 6.45) is 9.58. The maximum atomic E-state index is 8.74. The van der Waals surface area contributed by atoms with Crippen LogP contribution in [0.5, 0.6) is 0 Å². The Balaban J connectivity index is 0.000000828. The van der Waals surface area contributed by atoms with E-state index < -0.39 is 0 Å². The first-order valence-corrected chi connectivity index (χ1v) is 10.2. The number of nitrogens with zero attached hydrogens (tertiary/aromatic N) is 1. The molecule has 0 saturated carbocycles. The van der Waals surface area contributed by atoms with Crippen molar-refractivity contribution in [2.75, 3.05) is 18.9 Å². The third-order valence-corrected chi connectivity index (χ3v) is 4.42. The summed E-state index contributed by atoms with van der Waals surface area (Å²) in [7, 11) is 0. The number of hydrogen-bond acceptors (Lipinski definition) is 5. The minimum atomic E-state index is 0.270. The number of hydrogen-bond donors (Lipinski definition) is 3. The number of aliphatic hydroxyl groups excluding tert-OH is 1. The standard InChI is InChI=1S/C17H26N2O2.C7H13N/c1-3-15(16-10-9-14(18)13-19-16)17(4-2)21-12-8-6-5-7-11-20;1-5(2)6(3)7(4)8/h3-4,9-10,13,20H,5-8,11-12,18H2,1-2H3;1,8H2,2-4H3/b15-3-,17-4+;7-6+. The Labute approximate surface area is 176 Å². The predicted octanol–water partition coefficient (Wildman–Crippen LogP) is 5.36. The van der Waals surface area contributed by atoms with Crippen LogP contribution in [0.25, 0.3) is 5.57 Å². The Morgan fingerprint density at radius 1 is 1.10 bits per heavy atom. The quantitative estimate of drug-likeness (QED) is 0.279. The Bertz CT molecular complexity index is 697. The number of nitrogens with two attached hydrogens (primary N) is 2. The lowest BCUT2D eigenvalue weighted by Crippen LogP contribution is -2.00. The summed E-state index contributed by atoms with van der Waals surface area (Å²) in [4.78, 5) is 4.35. The highest BCUT2D eigenvalue weighted by molar-refractivity contribution is 5.75. The number of aliphatic hydroxyl groups is 1. The fourth-order valence-electron chi connectivity index (χ4n) is 2.38. The smallest absolute Gasteiger partial charge is 0.124 e. The fraction of sp³-hybridized carbons (Fsp3) is 0.458. The van der Waals surface area contributed by atoms with Crippen molar-refractivity contribution in [3.63, 3.8) is 0 Å². The molecule has 0 atom stereocenters. The van der Waals surface area contributed by atoms with E-state index in [4.69, 9.17) is 21.3 Å². The second-order valence-corrected chi connectivity index (χ2v) is 6.91. The van der Waals surface area contributed by atoms with Gasteiger partial charge in [-0.1, -0.05) is 24.6 Å². The van der Waals surface area contributed by atoms with Crippen molar-refractivity contribution >= 4 is 11.3 Å². The molecule has 0 saturated heterocycles. The first-order chi connectivity index (χ1) is 13.8. The van der Waals surface area contributed by atoms with E-state index in [-0.39, 0.29) is 6.61 Å². The van der Waals surface area contributed by atoms with Crippen LogP contribution in [0.2, 0.25) is 0 Å². The fourth-order valence-corrected chi connectivity index (χ4v) is 2.38. The number of anilines is 1. The van der Waals surface area contributed by atoms with Gasteiger partial charge in [0, 0.05) is 17.9 Å². The van der Waals surface area contributed by atoms with Crippen LogP contribution in [0.3, 0.4) is 0 Å². The topological polar surface area (TPSA) is 94.4 Å². The molecule has 162 valence electrons. The lowest BCUT2D eigenvalue weighted by atomic mass is 10.1. The molecule has 1 rings (SSSR count). The number of ether oxygens (including phenoxy) is 1. The molecular formula is C24H39N3O2. The highest BCUT2D eigenvalue weighted by Gasteiger charge is 2.09. The van der Waals surface area contributed by atoms with Crippen LogP contribution in [0.4, 0.5) is 5.69 Å². The predicted molar refractivity (Wildman–Crippen MR) is 125 cm³/mol. The molecule has 5 heteroatoms. The van der Waals surface area contributed by atoms with E-state index in [1.165, 1.54) is 0 Å². The summed E-state index contributed by atoms with van der Waals surface area (Å²) >= 11 is 0. The van der Waals surface area contributed by atoms with Crippen LogP contribution in [-0.2, 0) is 4.74 Å². The second-order valence-electron chi connectivity index (χ2n) is 6.91. The average molecular weight is 402 g/mol. The first-order valence-electron chi connectivity index (χ1n) is 10.2. The van der Waals surface area contributed by atoms with Gasteiger partial charge in [0.1, 0.15) is 5.76 Å². The summed E-state index contributed by atoms with van der Waals surface area (Å²) in [5.41, 5.74) is 16.6. The molecule has 0 unspecified atom stereocenters. The summed E-state index contributed by atoms with van der Waals surface area (Å²) < 4.78 is 5.87. The number of pyridine rings is 1. The lowest BCUT2D eigenvalue weighted by Gasteiger charge is -2.13. The van der Waals surface area contributed by atoms with Crippen LogP contribution < -0.4 is 11.5 Å². The largest absolute Gasteiger partial charge is 0.493 e. The van der Waals surface area contributed by atoms with Crippen LogP contribution in [0.1, 0.15) is 66.0 Å². The third-order valence-electron chi connectivity index (χ3n) is 4.42. The van der Waals surface area contributed by atoms with Crippen LogP contribution in [-0.4, -0.2) is 23.3 Å². The van der Waals surface area contributed by atoms with Crippen molar-refractivity contribution < 1.29 is 9.84 Å². The molecule has 0 aromatic carbocycles. The van der Waals surface area contributed by atoms with E-state index in [0.717, 1.165) is 59.6 Å². The zero-order valence-electron chi connectivity index (χ0n) is 18.8. The van der Waals surface area contributed by atoms with Crippen molar-refractivity contribution in [1.29, 1.82) is 0 Å². The SMILES string of the molecule is C/C=C(\C(=C/C)OCCCCCCO)c1ccc(N)cn1.C=C(C)/C(C)=C(\C)N. The average Bonchev–Trinajstić information content (AvgIpc) is 2.70. The van der Waals surface area contributed by atoms with Crippen molar-refractivity contribution in [3.8, 4) is 0 Å². The molecule has 1 aromatic heterocycles. The third kappa shape index (κ3) is 11.2. The van der Waals surface area contributed by atoms with E-state index >= 15 is 0 Å². The van der Waals surface area contributed by atoms with Gasteiger partial charge in [-0.15, -0.1) is 0 Å². The van der Waals surface area contributed by atoms with E-state index in [2.05, 4.69) is 11.6 Å². The molecule has 5 nitrogen and oxygen atoms in total. The van der Waals surface area contributed by atoms with Crippen molar-refractivity contribution in [1.82, 2.24) is 4.98 Å². The van der Waals surface area contributed by atoms with Crippen molar-refractivity contribution in [2.45, 2.75) is 60.3 Å². The summed E-state index contributed by atoms with van der Waals surface area (Å²) in [5, 5.41) is 8.74. The van der Waals surface area contributed by atoms with Gasteiger partial charge in [0.05, 0.1) is 24.2 Å². The molecule has 29 heavy (non-hydrogen) atoms. The Morgan fingerprint density at radius 3 is 2.17 bits per heavy atom. The van der Waals surface area contributed by atoms with E-state index in [9.17, 15) is 0 Å². The normalized spacial score (nSPS) is 12.6. The van der Waals surface area contributed by atoms with Gasteiger partial charge < -0.3 is 21.3 Å². The van der Waals surface area contributed by atoms with Gasteiger partial charge >= 0.3 is 0 Å². The highest BCUT2D eigenvalue weighted by atomic mass is 16.5. The molecule has 0 fully saturated rings. The number of allylic oxidation sites excluding steroid dienone is 6. The van der Waals surface area contributed by atoms with Crippen molar-refractivity contribution in [3.05, 3.63) is 65.4 Å². The molecule has 0 aliphatic rings. The number of aromatic nitrogens is 1. The number of unbranched alkanes of at least 4 members (excludes halogenated alkanes) is 3. The van der Waals surface area contributed by atoms with Gasteiger partial charge in [-0.3, -0.25) is 4.98 Å². The number of rotatable bonds is 10. The summed E-state index contributed by atoms with van der Waals surface area (Å²) in [6, 6.07) is 3.74. The van der Waals surface area contributed by atoms with Gasteiger partial charge in [-0.25, -0.2) is 0 Å². The maximum Gasteiger partial charge on any atom is 0.124 e. The van der Waals surface area contributed by atoms with Crippen LogP contribution in [0.15, 0.2) is 59.7 Å². The first kappa shape index (κ1) is 26.5. The highest BCUT2D eigenvalue weighted by Crippen LogP contribution is 2.23. The molecule has 5 N–H and O–H groups in total. The molecule has 0 aliphatic heterocycles. The Kier molecular flexibility index (Phi) is 14.1. The molecule has 0 spiro atoms. The Morgan fingerprint density at radius 2 is 1.76 bits per heavy atom. The maximum absolute atomic E-state index is 8.74. The van der Waals surface area contributed by atoms with E-state index in [0.29, 0.717) is 12.3 Å². The van der Waals surface area contributed by atoms with Gasteiger partial charge in [-0.2, -0.15) is 0 Å². The van der Waals surface area contributed by atoms with Crippen LogP contribution >= 0.6 is 0 Å². The summed E-state index contributed by atoms with van der Waals surface area (Å²) in [6.45, 7) is 14.4. The minimum absolute atomic E-state index is 0.270. The molecule has 0 radical (unpaired) electrons. The van der Waals surface area contributed by atoms with Gasteiger partial charge in [0.2, 0.25) is 0 Å². The van der Waals surface area contributed by atoms with Crippen molar-refractivity contribution in [2.24, 2.45) is 5.73 Å². The molecular weight excluding hydrogens is 362 g/mol. The minimum Gasteiger partial charge on any atom is -0.493 e. The molecule has 0 amide bonds. The van der Waals surface area contributed by atoms with Crippen LogP contribution in [0, 0.1) is 0 Å². The molecule has 1 aromatic rings. The molecule has 0 bridgehead atoms.